The van der Waals surface area contributed by atoms with Crippen LogP contribution in [-0.4, -0.2) is 68.6 Å². The van der Waals surface area contributed by atoms with Crippen molar-refractivity contribution in [3.8, 4) is 11.5 Å². The van der Waals surface area contributed by atoms with Crippen LogP contribution >= 0.6 is 0 Å². The zero-order valence-electron chi connectivity index (χ0n) is 23.7. The number of hydrogen-bond donors (Lipinski definition) is 5. The summed E-state index contributed by atoms with van der Waals surface area (Å²) in [6.07, 6.45) is 7.59. The van der Waals surface area contributed by atoms with Crippen molar-refractivity contribution < 1.29 is 39.5 Å². The molecular weight excluding hydrogens is 528 g/mol. The molecule has 4 aliphatic rings. The molecule has 1 saturated carbocycles. The van der Waals surface area contributed by atoms with E-state index in [4.69, 9.17) is 10.5 Å². The third-order valence-electron chi connectivity index (χ3n) is 9.71. The van der Waals surface area contributed by atoms with Crippen LogP contribution in [0.2, 0.25) is 0 Å². The van der Waals surface area contributed by atoms with Crippen molar-refractivity contribution in [2.75, 3.05) is 20.2 Å². The number of aromatic hydroxyl groups is 1. The number of primary amides is 1. The second-order valence-electron chi connectivity index (χ2n) is 12.0. The summed E-state index contributed by atoms with van der Waals surface area (Å²) in [5.41, 5.74) is 2.96. The van der Waals surface area contributed by atoms with E-state index in [-0.39, 0.29) is 36.1 Å². The molecule has 1 aromatic carbocycles. The summed E-state index contributed by atoms with van der Waals surface area (Å²) in [6.45, 7) is 4.36. The number of carbonyl (C=O) groups excluding carboxylic acids is 3. The molecule has 0 radical (unpaired) electrons. The summed E-state index contributed by atoms with van der Waals surface area (Å²) in [4.78, 5) is 41.1. The number of nitrogens with zero attached hydrogens (tertiary/aromatic N) is 1. The summed E-state index contributed by atoms with van der Waals surface area (Å²) in [5, 5.41) is 44.1. The zero-order valence-corrected chi connectivity index (χ0v) is 23.7. The first-order chi connectivity index (χ1) is 19.5. The molecule has 10 nitrogen and oxygen atoms in total. The molecule has 0 spiro atoms. The fourth-order valence-electron chi connectivity index (χ4n) is 7.53. The van der Waals surface area contributed by atoms with Crippen molar-refractivity contribution in [1.29, 1.82) is 0 Å². The van der Waals surface area contributed by atoms with Crippen LogP contribution in [0.15, 0.2) is 28.7 Å². The van der Waals surface area contributed by atoms with E-state index in [0.717, 1.165) is 31.0 Å². The Kier molecular flexibility index (Phi) is 7.91. The SMILES string of the molecule is CCN(CCC1CCCCC1)Cc1cc(O)c2c(c1OC)CC1C[C@H]3CC(O)=C(C(N)=O)C(=O)[C@@]3(O)C(O)=C1C2=O. The van der Waals surface area contributed by atoms with Gasteiger partial charge >= 0.3 is 0 Å². The van der Waals surface area contributed by atoms with Crippen LogP contribution in [0.3, 0.4) is 0 Å². The molecule has 3 atom stereocenters. The molecule has 0 bridgehead atoms. The number of ether oxygens (including phenoxy) is 1. The maximum atomic E-state index is 13.8. The zero-order chi connectivity index (χ0) is 29.6. The van der Waals surface area contributed by atoms with Crippen LogP contribution in [0.4, 0.5) is 0 Å². The molecule has 1 amide bonds. The summed E-state index contributed by atoms with van der Waals surface area (Å²) >= 11 is 0. The fourth-order valence-corrected chi connectivity index (χ4v) is 7.53. The number of phenols is 1. The molecule has 1 fully saturated rings. The first-order valence-corrected chi connectivity index (χ1v) is 14.6. The van der Waals surface area contributed by atoms with E-state index in [2.05, 4.69) is 11.8 Å². The fraction of sp³-hybridized carbons (Fsp3) is 0.581. The van der Waals surface area contributed by atoms with Gasteiger partial charge in [-0.05, 0) is 50.3 Å². The molecule has 222 valence electrons. The van der Waals surface area contributed by atoms with E-state index < -0.39 is 52.0 Å². The van der Waals surface area contributed by atoms with Gasteiger partial charge in [0.05, 0.1) is 12.7 Å². The molecule has 1 aromatic rings. The van der Waals surface area contributed by atoms with Gasteiger partial charge in [-0.25, -0.2) is 0 Å². The third-order valence-corrected chi connectivity index (χ3v) is 9.71. The first kappa shape index (κ1) is 29.1. The predicted molar refractivity (Wildman–Crippen MR) is 150 cm³/mol. The van der Waals surface area contributed by atoms with Gasteiger partial charge < -0.3 is 30.9 Å². The van der Waals surface area contributed by atoms with Crippen LogP contribution in [-0.2, 0) is 22.6 Å². The van der Waals surface area contributed by atoms with Crippen molar-refractivity contribution in [2.45, 2.75) is 76.9 Å². The van der Waals surface area contributed by atoms with Gasteiger partial charge in [-0.3, -0.25) is 19.3 Å². The number of benzene rings is 1. The normalized spacial score (nSPS) is 26.6. The molecule has 10 heteroatoms. The number of methoxy groups -OCH3 is 1. The van der Waals surface area contributed by atoms with Crippen LogP contribution in [0, 0.1) is 17.8 Å². The maximum absolute atomic E-state index is 13.8. The van der Waals surface area contributed by atoms with Crippen LogP contribution in [0.1, 0.15) is 79.8 Å². The van der Waals surface area contributed by atoms with Crippen LogP contribution in [0.5, 0.6) is 11.5 Å². The van der Waals surface area contributed by atoms with Gasteiger partial charge in [0, 0.05) is 35.6 Å². The van der Waals surface area contributed by atoms with Crippen LogP contribution < -0.4 is 10.5 Å². The Hall–Kier alpha value is -3.37. The Balaban J connectivity index is 1.48. The highest BCUT2D eigenvalue weighted by atomic mass is 16.5. The summed E-state index contributed by atoms with van der Waals surface area (Å²) in [5.74, 6) is -5.17. The molecule has 6 N–H and O–H groups in total. The number of allylic oxidation sites excluding steroid dienone is 2. The van der Waals surface area contributed by atoms with E-state index in [9.17, 15) is 34.8 Å². The van der Waals surface area contributed by atoms with Crippen molar-refractivity contribution in [3.63, 3.8) is 0 Å². The van der Waals surface area contributed by atoms with Crippen molar-refractivity contribution >= 4 is 17.5 Å². The van der Waals surface area contributed by atoms with Crippen molar-refractivity contribution in [1.82, 2.24) is 4.90 Å². The lowest BCUT2D eigenvalue weighted by Gasteiger charge is -2.45. The Bertz CT molecular complexity index is 1340. The molecule has 4 aliphatic carbocycles. The van der Waals surface area contributed by atoms with Gasteiger partial charge in [0.2, 0.25) is 5.78 Å². The Labute approximate surface area is 239 Å². The number of nitrogens with two attached hydrogens (primary N) is 1. The number of phenolic OH excluding ortho intramolecular Hbond substituents is 1. The standard InChI is InChI=1S/C31H40N2O8/c1-3-33(10-9-16-7-5-4-6-8-16)15-18-13-21(34)24-20(27(18)41-2)12-17-11-19-14-22(35)25(30(32)39)29(38)31(19,40)28(37)23(17)26(24)36/h13,16-17,19,34-35,37,40H,3-12,14-15H2,1-2H3,(H2,32,39)/t17?,19-,31-/m0/s1. The average Bonchev–Trinajstić information content (AvgIpc) is 2.93. The Morgan fingerprint density at radius 1 is 1.15 bits per heavy atom. The van der Waals surface area contributed by atoms with E-state index >= 15 is 0 Å². The number of amides is 1. The maximum Gasteiger partial charge on any atom is 0.255 e. The minimum Gasteiger partial charge on any atom is -0.511 e. The van der Waals surface area contributed by atoms with Crippen LogP contribution in [0.25, 0.3) is 0 Å². The number of hydrogen-bond acceptors (Lipinski definition) is 9. The molecule has 1 unspecified atom stereocenters. The van der Waals surface area contributed by atoms with Crippen molar-refractivity contribution in [2.24, 2.45) is 23.5 Å². The second-order valence-corrected chi connectivity index (χ2v) is 12.0. The highest BCUT2D eigenvalue weighted by Gasteiger charge is 2.59. The number of carbonyl (C=O) groups is 3. The average molecular weight is 569 g/mol. The molecular formula is C31H40N2O8. The Morgan fingerprint density at radius 2 is 1.85 bits per heavy atom. The number of aliphatic hydroxyl groups excluding tert-OH is 2. The quantitative estimate of drug-likeness (QED) is 0.295. The molecule has 0 aliphatic heterocycles. The predicted octanol–water partition coefficient (Wildman–Crippen LogP) is 3.38. The monoisotopic (exact) mass is 568 g/mol. The van der Waals surface area contributed by atoms with E-state index in [1.54, 1.807) is 0 Å². The highest BCUT2D eigenvalue weighted by molar-refractivity contribution is 6.24. The van der Waals surface area contributed by atoms with E-state index in [1.165, 1.54) is 45.3 Å². The van der Waals surface area contributed by atoms with E-state index in [1.807, 2.05) is 0 Å². The number of rotatable bonds is 8. The molecule has 0 heterocycles. The molecule has 5 rings (SSSR count). The second kappa shape index (κ2) is 11.1. The summed E-state index contributed by atoms with van der Waals surface area (Å²) < 4.78 is 5.82. The highest BCUT2D eigenvalue weighted by Crippen LogP contribution is 2.52. The van der Waals surface area contributed by atoms with E-state index in [0.29, 0.717) is 17.9 Å². The minimum atomic E-state index is -2.57. The van der Waals surface area contributed by atoms with Gasteiger partial charge in [0.15, 0.2) is 11.4 Å². The molecule has 0 saturated heterocycles. The van der Waals surface area contributed by atoms with Gasteiger partial charge in [0.25, 0.3) is 5.91 Å². The smallest absolute Gasteiger partial charge is 0.255 e. The lowest BCUT2D eigenvalue weighted by molar-refractivity contribution is -0.144. The number of aliphatic hydroxyl groups is 3. The lowest BCUT2D eigenvalue weighted by Crippen LogP contribution is -2.57. The summed E-state index contributed by atoms with van der Waals surface area (Å²) in [6, 6.07) is 1.52. The Morgan fingerprint density at radius 3 is 2.49 bits per heavy atom. The first-order valence-electron chi connectivity index (χ1n) is 14.6. The molecule has 0 aromatic heterocycles. The van der Waals surface area contributed by atoms with Crippen molar-refractivity contribution in [3.05, 3.63) is 45.4 Å². The van der Waals surface area contributed by atoms with Gasteiger partial charge in [-0.15, -0.1) is 0 Å². The topological polar surface area (TPSA) is 171 Å². The van der Waals surface area contributed by atoms with Gasteiger partial charge in [-0.2, -0.15) is 0 Å². The third kappa shape index (κ3) is 4.80. The molecule has 41 heavy (non-hydrogen) atoms. The summed E-state index contributed by atoms with van der Waals surface area (Å²) in [7, 11) is 1.52. The van der Waals surface area contributed by atoms with Gasteiger partial charge in [-0.1, -0.05) is 39.0 Å². The number of Topliss-reactive ketones (excluding diaryl/α,β-unsaturated/α-hetero) is 2. The lowest BCUT2D eigenvalue weighted by atomic mass is 9.60. The number of ketones is 2. The van der Waals surface area contributed by atoms with Gasteiger partial charge in [0.1, 0.15) is 28.6 Å². The minimum absolute atomic E-state index is 0.0347. The largest absolute Gasteiger partial charge is 0.511 e. The number of fused-ring (bicyclic) bond motifs is 3.